The molecule has 2 amide bonds. The minimum atomic E-state index is -0.222. The van der Waals surface area contributed by atoms with Gasteiger partial charge in [0.15, 0.2) is 0 Å². The summed E-state index contributed by atoms with van der Waals surface area (Å²) in [7, 11) is 0. The number of benzene rings is 2. The van der Waals surface area contributed by atoms with Crippen LogP contribution in [0.15, 0.2) is 54.6 Å². The zero-order chi connectivity index (χ0) is 16.5. The van der Waals surface area contributed by atoms with Crippen LogP contribution >= 0.6 is 0 Å². The van der Waals surface area contributed by atoms with Gasteiger partial charge in [0.05, 0.1) is 6.54 Å². The third kappa shape index (κ3) is 6.22. The normalized spacial score (nSPS) is 9.96. The predicted molar refractivity (Wildman–Crippen MR) is 87.7 cm³/mol. The van der Waals surface area contributed by atoms with Crippen LogP contribution in [0.3, 0.4) is 0 Å². The summed E-state index contributed by atoms with van der Waals surface area (Å²) in [6, 6.07) is 17.5. The number of nitrogens with one attached hydrogen (secondary N) is 2. The molecule has 2 N–H and O–H groups in total. The van der Waals surface area contributed by atoms with E-state index in [2.05, 4.69) is 10.6 Å². The van der Waals surface area contributed by atoms with E-state index in [1.807, 2.05) is 54.6 Å². The molecule has 0 atom stereocenters. The fourth-order valence-electron chi connectivity index (χ4n) is 1.91. The number of hydrogen-bond donors (Lipinski definition) is 2. The van der Waals surface area contributed by atoms with E-state index in [1.54, 1.807) is 0 Å². The topological polar surface area (TPSA) is 67.4 Å². The van der Waals surface area contributed by atoms with Gasteiger partial charge < -0.3 is 15.4 Å². The van der Waals surface area contributed by atoms with Crippen LogP contribution in [0, 0.1) is 0 Å². The first-order valence-corrected chi connectivity index (χ1v) is 7.40. The van der Waals surface area contributed by atoms with Crippen molar-refractivity contribution in [2.45, 2.75) is 20.1 Å². The Morgan fingerprint density at radius 1 is 0.913 bits per heavy atom. The van der Waals surface area contributed by atoms with Crippen LogP contribution in [-0.4, -0.2) is 18.4 Å². The summed E-state index contributed by atoms with van der Waals surface area (Å²) in [5, 5.41) is 5.19. The van der Waals surface area contributed by atoms with Gasteiger partial charge in [-0.1, -0.05) is 42.5 Å². The molecule has 0 aliphatic carbocycles. The number of ether oxygens (including phenoxy) is 1. The van der Waals surface area contributed by atoms with E-state index in [4.69, 9.17) is 4.74 Å². The van der Waals surface area contributed by atoms with Crippen molar-refractivity contribution in [3.05, 3.63) is 65.7 Å². The van der Waals surface area contributed by atoms with E-state index < -0.39 is 0 Å². The molecule has 2 aromatic carbocycles. The second-order valence-electron chi connectivity index (χ2n) is 5.10. The molecule has 2 aromatic rings. The number of rotatable bonds is 7. The van der Waals surface area contributed by atoms with Gasteiger partial charge in [0.2, 0.25) is 11.8 Å². The lowest BCUT2D eigenvalue weighted by Gasteiger charge is -2.08. The zero-order valence-corrected chi connectivity index (χ0v) is 13.0. The third-order valence-electron chi connectivity index (χ3n) is 3.16. The Morgan fingerprint density at radius 2 is 1.61 bits per heavy atom. The van der Waals surface area contributed by atoms with Crippen molar-refractivity contribution in [1.82, 2.24) is 10.6 Å². The van der Waals surface area contributed by atoms with Crippen LogP contribution in [0.4, 0.5) is 0 Å². The summed E-state index contributed by atoms with van der Waals surface area (Å²) in [6.45, 7) is 2.31. The van der Waals surface area contributed by atoms with E-state index in [0.29, 0.717) is 13.2 Å². The molecule has 0 heterocycles. The summed E-state index contributed by atoms with van der Waals surface area (Å²) >= 11 is 0. The molecule has 0 aliphatic heterocycles. The van der Waals surface area contributed by atoms with Gasteiger partial charge >= 0.3 is 0 Å². The molecule has 0 spiro atoms. The molecule has 120 valence electrons. The van der Waals surface area contributed by atoms with Crippen LogP contribution < -0.4 is 15.4 Å². The highest BCUT2D eigenvalue weighted by Crippen LogP contribution is 2.14. The second kappa shape index (κ2) is 8.58. The van der Waals surface area contributed by atoms with Gasteiger partial charge in [0, 0.05) is 13.5 Å². The summed E-state index contributed by atoms with van der Waals surface area (Å²) in [5.74, 6) is 0.340. The van der Waals surface area contributed by atoms with Crippen molar-refractivity contribution in [2.24, 2.45) is 0 Å². The number of carbonyl (C=O) groups is 2. The molecule has 23 heavy (non-hydrogen) atoms. The maximum Gasteiger partial charge on any atom is 0.239 e. The van der Waals surface area contributed by atoms with Crippen LogP contribution in [0.2, 0.25) is 0 Å². The molecule has 0 saturated heterocycles. The molecule has 0 radical (unpaired) electrons. The van der Waals surface area contributed by atoms with Gasteiger partial charge in [0.25, 0.3) is 0 Å². The monoisotopic (exact) mass is 312 g/mol. The minimum Gasteiger partial charge on any atom is -0.489 e. The average Bonchev–Trinajstić information content (AvgIpc) is 2.58. The van der Waals surface area contributed by atoms with Crippen molar-refractivity contribution in [2.75, 3.05) is 6.54 Å². The molecule has 0 aromatic heterocycles. The Balaban J connectivity index is 1.76. The van der Waals surface area contributed by atoms with Crippen LogP contribution in [0.5, 0.6) is 5.75 Å². The predicted octanol–water partition coefficient (Wildman–Crippen LogP) is 2.02. The van der Waals surface area contributed by atoms with Crippen molar-refractivity contribution in [3.8, 4) is 5.75 Å². The second-order valence-corrected chi connectivity index (χ2v) is 5.10. The average molecular weight is 312 g/mol. The summed E-state index contributed by atoms with van der Waals surface area (Å²) in [5.41, 5.74) is 2.08. The summed E-state index contributed by atoms with van der Waals surface area (Å²) in [4.78, 5) is 22.2. The number of carbonyl (C=O) groups excluding carboxylic acids is 2. The maximum atomic E-state index is 11.5. The molecule has 0 aliphatic rings. The largest absolute Gasteiger partial charge is 0.489 e. The highest BCUT2D eigenvalue weighted by atomic mass is 16.5. The first-order chi connectivity index (χ1) is 11.1. The molecule has 0 fully saturated rings. The van der Waals surface area contributed by atoms with Crippen LogP contribution in [-0.2, 0) is 22.7 Å². The van der Waals surface area contributed by atoms with Gasteiger partial charge in [-0.2, -0.15) is 0 Å². The van der Waals surface area contributed by atoms with E-state index >= 15 is 0 Å². The zero-order valence-electron chi connectivity index (χ0n) is 13.0. The Morgan fingerprint density at radius 3 is 2.26 bits per heavy atom. The van der Waals surface area contributed by atoms with E-state index in [1.165, 1.54) is 6.92 Å². The number of hydrogen-bond acceptors (Lipinski definition) is 3. The highest BCUT2D eigenvalue weighted by Gasteiger charge is 2.02. The third-order valence-corrected chi connectivity index (χ3v) is 3.16. The SMILES string of the molecule is CC(=O)NCC(=O)NCc1ccc(OCc2ccccc2)cc1. The van der Waals surface area contributed by atoms with Crippen molar-refractivity contribution < 1.29 is 14.3 Å². The summed E-state index contributed by atoms with van der Waals surface area (Å²) < 4.78 is 5.70. The lowest BCUT2D eigenvalue weighted by Crippen LogP contribution is -2.35. The molecular formula is C18H20N2O3. The molecular weight excluding hydrogens is 292 g/mol. The van der Waals surface area contributed by atoms with Gasteiger partial charge in [-0.15, -0.1) is 0 Å². The van der Waals surface area contributed by atoms with Gasteiger partial charge in [-0.05, 0) is 23.3 Å². The Bertz CT molecular complexity index is 639. The Labute approximate surface area is 135 Å². The first kappa shape index (κ1) is 16.5. The fraction of sp³-hybridized carbons (Fsp3) is 0.222. The lowest BCUT2D eigenvalue weighted by molar-refractivity contribution is -0.125. The van der Waals surface area contributed by atoms with Crippen molar-refractivity contribution in [3.63, 3.8) is 0 Å². The van der Waals surface area contributed by atoms with Crippen LogP contribution in [0.1, 0.15) is 18.1 Å². The highest BCUT2D eigenvalue weighted by molar-refractivity contribution is 5.83. The molecule has 5 heteroatoms. The minimum absolute atomic E-state index is 0.00635. The van der Waals surface area contributed by atoms with Gasteiger partial charge in [-0.25, -0.2) is 0 Å². The van der Waals surface area contributed by atoms with Gasteiger partial charge in [-0.3, -0.25) is 9.59 Å². The van der Waals surface area contributed by atoms with E-state index in [0.717, 1.165) is 16.9 Å². The maximum absolute atomic E-state index is 11.5. The van der Waals surface area contributed by atoms with Crippen LogP contribution in [0.25, 0.3) is 0 Å². The quantitative estimate of drug-likeness (QED) is 0.822. The number of amides is 2. The standard InChI is InChI=1S/C18H20N2O3/c1-14(21)19-12-18(22)20-11-15-7-9-17(10-8-15)23-13-16-5-3-2-4-6-16/h2-10H,11-13H2,1H3,(H,19,21)(H,20,22). The van der Waals surface area contributed by atoms with Crippen molar-refractivity contribution >= 4 is 11.8 Å². The Kier molecular flexibility index (Phi) is 6.17. The molecule has 0 saturated carbocycles. The smallest absolute Gasteiger partial charge is 0.239 e. The van der Waals surface area contributed by atoms with Gasteiger partial charge in [0.1, 0.15) is 12.4 Å². The van der Waals surface area contributed by atoms with Crippen molar-refractivity contribution in [1.29, 1.82) is 0 Å². The van der Waals surface area contributed by atoms with E-state index in [-0.39, 0.29) is 18.4 Å². The molecule has 0 unspecified atom stereocenters. The Hall–Kier alpha value is -2.82. The molecule has 0 bridgehead atoms. The fourth-order valence-corrected chi connectivity index (χ4v) is 1.91. The first-order valence-electron chi connectivity index (χ1n) is 7.40. The molecule has 5 nitrogen and oxygen atoms in total. The lowest BCUT2D eigenvalue weighted by atomic mass is 10.2. The summed E-state index contributed by atoms with van der Waals surface area (Å²) in [6.07, 6.45) is 0. The molecule has 2 rings (SSSR count). The van der Waals surface area contributed by atoms with E-state index in [9.17, 15) is 9.59 Å².